The quantitative estimate of drug-likeness (QED) is 0.450. The predicted molar refractivity (Wildman–Crippen MR) is 83.5 cm³/mol. The summed E-state index contributed by atoms with van der Waals surface area (Å²) in [5.74, 6) is 0.386. The molecule has 1 aromatic rings. The van der Waals surface area contributed by atoms with E-state index in [9.17, 15) is 4.79 Å². The summed E-state index contributed by atoms with van der Waals surface area (Å²) >= 11 is 0. The van der Waals surface area contributed by atoms with Crippen LogP contribution in [0.15, 0.2) is 30.3 Å². The minimum atomic E-state index is 0. The Morgan fingerprint density at radius 1 is 0.900 bits per heavy atom. The van der Waals surface area contributed by atoms with E-state index in [1.165, 1.54) is 44.9 Å². The maximum absolute atomic E-state index is 11.8. The summed E-state index contributed by atoms with van der Waals surface area (Å²) in [5.41, 5.74) is 1.15. The van der Waals surface area contributed by atoms with Crippen molar-refractivity contribution in [2.24, 2.45) is 0 Å². The summed E-state index contributed by atoms with van der Waals surface area (Å²) in [5, 5.41) is 0. The molecule has 0 aromatic heterocycles. The Morgan fingerprint density at radius 2 is 1.45 bits per heavy atom. The molecule has 0 N–H and O–H groups in total. The zero-order valence-electron chi connectivity index (χ0n) is 14.4. The minimum Gasteiger partial charge on any atom is -1.00 e. The van der Waals surface area contributed by atoms with E-state index in [-0.39, 0.29) is 31.0 Å². The van der Waals surface area contributed by atoms with Gasteiger partial charge in [0.05, 0.1) is 0 Å². The molecule has 0 aliphatic heterocycles. The summed E-state index contributed by atoms with van der Waals surface area (Å²) < 4.78 is 0. The van der Waals surface area contributed by atoms with Gasteiger partial charge in [-0.2, -0.15) is 0 Å². The second kappa shape index (κ2) is 13.9. The maximum Gasteiger partial charge on any atom is 1.00 e. The van der Waals surface area contributed by atoms with Crippen LogP contribution in [0.25, 0.3) is 0 Å². The molecule has 0 spiro atoms. The molecule has 1 rings (SSSR count). The zero-order chi connectivity index (χ0) is 13.8. The first-order chi connectivity index (χ1) is 9.33. The Hall–Kier alpha value is -0.110. The van der Waals surface area contributed by atoms with Crippen LogP contribution in [-0.2, 0) is 11.2 Å². The van der Waals surface area contributed by atoms with E-state index in [2.05, 4.69) is 6.92 Å². The van der Waals surface area contributed by atoms with Gasteiger partial charge in [-0.1, -0.05) is 82.2 Å². The summed E-state index contributed by atoms with van der Waals surface area (Å²) in [6, 6.07) is 10.1. The van der Waals surface area contributed by atoms with Gasteiger partial charge in [-0.25, -0.2) is 0 Å². The number of unbranched alkanes of at least 4 members (excludes halogenated alkanes) is 7. The van der Waals surface area contributed by atoms with Crippen LogP contribution in [0, 0.1) is 0 Å². The maximum atomic E-state index is 11.8. The molecule has 0 aliphatic carbocycles. The first kappa shape index (κ1) is 19.9. The predicted octanol–water partition coefficient (Wildman–Crippen LogP) is 2.45. The van der Waals surface area contributed by atoms with Crippen LogP contribution in [0.3, 0.4) is 0 Å². The summed E-state index contributed by atoms with van der Waals surface area (Å²) in [4.78, 5) is 11.8. The van der Waals surface area contributed by atoms with Gasteiger partial charge in [0.2, 0.25) is 0 Å². The van der Waals surface area contributed by atoms with E-state index in [1.54, 1.807) is 0 Å². The molecule has 0 saturated heterocycles. The Kier molecular flexibility index (Phi) is 13.8. The van der Waals surface area contributed by atoms with E-state index in [4.69, 9.17) is 0 Å². The number of hydrogen-bond donors (Lipinski definition) is 0. The molecule has 20 heavy (non-hydrogen) atoms. The van der Waals surface area contributed by atoms with Crippen LogP contribution in [0.5, 0.6) is 0 Å². The Morgan fingerprint density at radius 3 is 2.05 bits per heavy atom. The first-order valence-electron chi connectivity index (χ1n) is 7.88. The van der Waals surface area contributed by atoms with Gasteiger partial charge in [0.1, 0.15) is 5.78 Å². The van der Waals surface area contributed by atoms with Gasteiger partial charge in [0.15, 0.2) is 0 Å². The summed E-state index contributed by atoms with van der Waals surface area (Å²) in [6.45, 7) is 2.25. The monoisotopic (exact) mass is 284 g/mol. The van der Waals surface area contributed by atoms with Crippen LogP contribution >= 0.6 is 0 Å². The molecule has 0 aliphatic rings. The molecule has 0 radical (unpaired) electrons. The van der Waals surface area contributed by atoms with Gasteiger partial charge in [-0.05, 0) is 12.0 Å². The summed E-state index contributed by atoms with van der Waals surface area (Å²) in [7, 11) is 0. The Balaban J connectivity index is 0. The molecule has 1 nitrogen and oxygen atoms in total. The van der Waals surface area contributed by atoms with Crippen LogP contribution < -0.4 is 29.6 Å². The number of ketones is 1. The molecule has 2 heteroatoms. The number of rotatable bonds is 11. The standard InChI is InChI=1S/C18H28O.Na.H/c1-2-3-4-5-6-7-8-12-15-18(19)16-17-13-10-9-11-14-17;;/h9-11,13-14H,2-8,12,15-16H2,1H3;;/q;+1;-1. The van der Waals surface area contributed by atoms with Crippen molar-refractivity contribution < 1.29 is 35.8 Å². The third-order valence-corrected chi connectivity index (χ3v) is 3.55. The van der Waals surface area contributed by atoms with Crippen LogP contribution in [0.4, 0.5) is 0 Å². The van der Waals surface area contributed by atoms with E-state index < -0.39 is 0 Å². The van der Waals surface area contributed by atoms with E-state index in [1.807, 2.05) is 30.3 Å². The molecule has 0 atom stereocenters. The van der Waals surface area contributed by atoms with Crippen molar-refractivity contribution in [1.82, 2.24) is 0 Å². The fraction of sp³-hybridized carbons (Fsp3) is 0.611. The zero-order valence-corrected chi connectivity index (χ0v) is 15.4. The molecule has 0 fully saturated rings. The summed E-state index contributed by atoms with van der Waals surface area (Å²) in [6.07, 6.45) is 11.7. The fourth-order valence-corrected chi connectivity index (χ4v) is 2.37. The smallest absolute Gasteiger partial charge is 1.00 e. The van der Waals surface area contributed by atoms with Crippen LogP contribution in [0.2, 0.25) is 0 Å². The minimum absolute atomic E-state index is 0. The van der Waals surface area contributed by atoms with Crippen molar-refractivity contribution in [2.75, 3.05) is 0 Å². The van der Waals surface area contributed by atoms with Gasteiger partial charge >= 0.3 is 29.6 Å². The molecule has 0 bridgehead atoms. The average Bonchev–Trinajstić information content (AvgIpc) is 2.43. The van der Waals surface area contributed by atoms with E-state index >= 15 is 0 Å². The van der Waals surface area contributed by atoms with E-state index in [0.29, 0.717) is 12.2 Å². The average molecular weight is 284 g/mol. The van der Waals surface area contributed by atoms with Gasteiger partial charge in [-0.3, -0.25) is 4.79 Å². The number of hydrogen-bond acceptors (Lipinski definition) is 1. The number of carbonyl (C=O) groups is 1. The van der Waals surface area contributed by atoms with Gasteiger partial charge < -0.3 is 1.43 Å². The molecular weight excluding hydrogens is 255 g/mol. The van der Waals surface area contributed by atoms with Crippen molar-refractivity contribution in [3.63, 3.8) is 0 Å². The SMILES string of the molecule is CCCCCCCCCCC(=O)Cc1ccccc1.[H-].[Na+]. The molecule has 0 unspecified atom stereocenters. The molecule has 0 saturated carbocycles. The van der Waals surface area contributed by atoms with Crippen LogP contribution in [-0.4, -0.2) is 5.78 Å². The van der Waals surface area contributed by atoms with Crippen molar-refractivity contribution in [1.29, 1.82) is 0 Å². The number of benzene rings is 1. The fourth-order valence-electron chi connectivity index (χ4n) is 2.37. The molecular formula is C18H29NaO. The number of Topliss-reactive ketones (excluding diaryl/α,β-unsaturated/α-hetero) is 1. The Bertz CT molecular complexity index is 340. The van der Waals surface area contributed by atoms with Crippen LogP contribution in [0.1, 0.15) is 71.7 Å². The second-order valence-corrected chi connectivity index (χ2v) is 5.43. The normalized spacial score (nSPS) is 10.1. The molecule has 0 heterocycles. The topological polar surface area (TPSA) is 17.1 Å². The third-order valence-electron chi connectivity index (χ3n) is 3.55. The third kappa shape index (κ3) is 10.7. The second-order valence-electron chi connectivity index (χ2n) is 5.43. The number of carbonyl (C=O) groups excluding carboxylic acids is 1. The molecule has 0 amide bonds. The first-order valence-corrected chi connectivity index (χ1v) is 7.88. The van der Waals surface area contributed by atoms with Gasteiger partial charge in [0.25, 0.3) is 0 Å². The van der Waals surface area contributed by atoms with Crippen molar-refractivity contribution >= 4 is 5.78 Å². The molecule has 108 valence electrons. The Labute approximate surface area is 148 Å². The van der Waals surface area contributed by atoms with Gasteiger partial charge in [0, 0.05) is 12.8 Å². The van der Waals surface area contributed by atoms with Crippen molar-refractivity contribution in [2.45, 2.75) is 71.1 Å². The van der Waals surface area contributed by atoms with Gasteiger partial charge in [-0.15, -0.1) is 0 Å². The van der Waals surface area contributed by atoms with E-state index in [0.717, 1.165) is 18.4 Å². The largest absolute Gasteiger partial charge is 1.00 e. The van der Waals surface area contributed by atoms with Crippen molar-refractivity contribution in [3.8, 4) is 0 Å². The van der Waals surface area contributed by atoms with Crippen molar-refractivity contribution in [3.05, 3.63) is 35.9 Å². The molecule has 1 aromatic carbocycles.